The molecule has 1 aromatic rings. The summed E-state index contributed by atoms with van der Waals surface area (Å²) in [5.41, 5.74) is 1.27. The molecule has 5 nitrogen and oxygen atoms in total. The third-order valence-corrected chi connectivity index (χ3v) is 5.78. The van der Waals surface area contributed by atoms with E-state index < -0.39 is 0 Å². The Morgan fingerprint density at radius 1 is 1.08 bits per heavy atom. The average Bonchev–Trinajstić information content (AvgIpc) is 2.93. The number of hydrogen-bond acceptors (Lipinski definition) is 3. The van der Waals surface area contributed by atoms with Gasteiger partial charge in [0, 0.05) is 18.7 Å². The molecule has 3 heterocycles. The summed E-state index contributed by atoms with van der Waals surface area (Å²) in [7, 11) is 0. The molecule has 2 saturated heterocycles. The second kappa shape index (κ2) is 7.65. The highest BCUT2D eigenvalue weighted by molar-refractivity contribution is 5.79. The van der Waals surface area contributed by atoms with Gasteiger partial charge >= 0.3 is 0 Å². The van der Waals surface area contributed by atoms with E-state index in [1.54, 1.807) is 0 Å². The van der Waals surface area contributed by atoms with Crippen molar-refractivity contribution in [3.63, 3.8) is 0 Å². The molecule has 2 atom stereocenters. The second-order valence-electron chi connectivity index (χ2n) is 7.65. The van der Waals surface area contributed by atoms with Crippen molar-refractivity contribution in [1.29, 1.82) is 0 Å². The Hall–Kier alpha value is -1.75. The van der Waals surface area contributed by atoms with Gasteiger partial charge < -0.3 is 19.3 Å². The van der Waals surface area contributed by atoms with Crippen molar-refractivity contribution in [2.75, 3.05) is 33.0 Å². The zero-order valence-electron chi connectivity index (χ0n) is 15.0. The standard InChI is InChI=1S/C20H28N2O3/c23-20(22-10-3-1-2-4-11-22)17-6-5-9-21(14-17)13-16-7-8-18-19(12-16)25-15-24-18/h7-8,12,17H,1-6,9-11,13-15H2/p+1/t17-/m0/s1. The summed E-state index contributed by atoms with van der Waals surface area (Å²) in [6.07, 6.45) is 7.09. The zero-order chi connectivity index (χ0) is 17.1. The van der Waals surface area contributed by atoms with E-state index in [4.69, 9.17) is 9.47 Å². The van der Waals surface area contributed by atoms with E-state index in [2.05, 4.69) is 17.0 Å². The van der Waals surface area contributed by atoms with Gasteiger partial charge in [-0.05, 0) is 43.9 Å². The lowest BCUT2D eigenvalue weighted by Gasteiger charge is -2.32. The molecule has 0 radical (unpaired) electrons. The van der Waals surface area contributed by atoms with Crippen molar-refractivity contribution in [3.8, 4) is 11.5 Å². The highest BCUT2D eigenvalue weighted by Crippen LogP contribution is 2.32. The summed E-state index contributed by atoms with van der Waals surface area (Å²) in [4.78, 5) is 16.6. The molecule has 136 valence electrons. The molecule has 3 aliphatic heterocycles. The molecule has 0 aliphatic carbocycles. The number of fused-ring (bicyclic) bond motifs is 1. The maximum atomic E-state index is 12.9. The SMILES string of the molecule is O=C([C@H]1CCC[NH+](Cc2ccc3c(c2)OCO3)C1)N1CCCCCC1. The Bertz CT molecular complexity index is 611. The first-order valence-electron chi connectivity index (χ1n) is 9.80. The highest BCUT2D eigenvalue weighted by Gasteiger charge is 2.32. The number of likely N-dealkylation sites (tertiary alicyclic amines) is 2. The number of carbonyl (C=O) groups excluding carboxylic acids is 1. The van der Waals surface area contributed by atoms with Crippen LogP contribution in [-0.4, -0.2) is 43.8 Å². The molecule has 0 saturated carbocycles. The summed E-state index contributed by atoms with van der Waals surface area (Å²) in [5, 5.41) is 0. The lowest BCUT2D eigenvalue weighted by molar-refractivity contribution is -0.921. The molecule has 5 heteroatoms. The van der Waals surface area contributed by atoms with Crippen LogP contribution in [0.3, 0.4) is 0 Å². The first-order chi connectivity index (χ1) is 12.3. The summed E-state index contributed by atoms with van der Waals surface area (Å²) in [6, 6.07) is 6.22. The van der Waals surface area contributed by atoms with Crippen LogP contribution in [0.2, 0.25) is 0 Å². The monoisotopic (exact) mass is 345 g/mol. The number of quaternary nitrogens is 1. The highest BCUT2D eigenvalue weighted by atomic mass is 16.7. The quantitative estimate of drug-likeness (QED) is 0.905. The van der Waals surface area contributed by atoms with E-state index >= 15 is 0 Å². The zero-order valence-corrected chi connectivity index (χ0v) is 15.0. The predicted octanol–water partition coefficient (Wildman–Crippen LogP) is 1.61. The number of ether oxygens (including phenoxy) is 2. The minimum atomic E-state index is 0.205. The van der Waals surface area contributed by atoms with Crippen molar-refractivity contribution in [2.24, 2.45) is 5.92 Å². The molecule has 25 heavy (non-hydrogen) atoms. The summed E-state index contributed by atoms with van der Waals surface area (Å²) in [6.45, 7) is 5.32. The third-order valence-electron chi connectivity index (χ3n) is 5.78. The Balaban J connectivity index is 1.36. The van der Waals surface area contributed by atoms with E-state index in [0.717, 1.165) is 57.1 Å². The fourth-order valence-corrected chi connectivity index (χ4v) is 4.41. The van der Waals surface area contributed by atoms with Crippen molar-refractivity contribution in [1.82, 2.24) is 4.90 Å². The number of amides is 1. The molecular weight excluding hydrogens is 316 g/mol. The van der Waals surface area contributed by atoms with Gasteiger partial charge in [-0.3, -0.25) is 4.79 Å². The lowest BCUT2D eigenvalue weighted by atomic mass is 9.96. The van der Waals surface area contributed by atoms with Crippen molar-refractivity contribution >= 4 is 5.91 Å². The van der Waals surface area contributed by atoms with E-state index in [9.17, 15) is 4.79 Å². The minimum absolute atomic E-state index is 0.205. The van der Waals surface area contributed by atoms with Crippen LogP contribution in [0, 0.1) is 5.92 Å². The Kier molecular flexibility index (Phi) is 5.11. The molecule has 1 unspecified atom stereocenters. The first kappa shape index (κ1) is 16.7. The van der Waals surface area contributed by atoms with E-state index in [0.29, 0.717) is 12.7 Å². The van der Waals surface area contributed by atoms with Crippen LogP contribution >= 0.6 is 0 Å². The van der Waals surface area contributed by atoms with E-state index in [-0.39, 0.29) is 5.92 Å². The van der Waals surface area contributed by atoms with Gasteiger partial charge in [0.15, 0.2) is 11.5 Å². The molecule has 4 rings (SSSR count). The van der Waals surface area contributed by atoms with Gasteiger partial charge in [0.05, 0.1) is 19.0 Å². The minimum Gasteiger partial charge on any atom is -0.454 e. The smallest absolute Gasteiger partial charge is 0.231 e. The molecule has 1 amide bonds. The van der Waals surface area contributed by atoms with Crippen molar-refractivity contribution in [2.45, 2.75) is 45.1 Å². The largest absolute Gasteiger partial charge is 0.454 e. The number of carbonyl (C=O) groups is 1. The third kappa shape index (κ3) is 3.92. The van der Waals surface area contributed by atoms with Crippen LogP contribution in [0.15, 0.2) is 18.2 Å². The Labute approximate surface area is 149 Å². The molecular formula is C20H29N2O3+. The van der Waals surface area contributed by atoms with Gasteiger partial charge in [-0.25, -0.2) is 0 Å². The summed E-state index contributed by atoms with van der Waals surface area (Å²) < 4.78 is 10.9. The van der Waals surface area contributed by atoms with Crippen LogP contribution < -0.4 is 14.4 Å². The van der Waals surface area contributed by atoms with Gasteiger partial charge in [-0.2, -0.15) is 0 Å². The van der Waals surface area contributed by atoms with Crippen LogP contribution in [0.1, 0.15) is 44.1 Å². The van der Waals surface area contributed by atoms with Gasteiger partial charge in [-0.1, -0.05) is 12.8 Å². The molecule has 0 bridgehead atoms. The summed E-state index contributed by atoms with van der Waals surface area (Å²) in [5.74, 6) is 2.30. The number of rotatable bonds is 3. The molecule has 3 aliphatic rings. The molecule has 1 N–H and O–H groups in total. The van der Waals surface area contributed by atoms with Crippen LogP contribution in [0.5, 0.6) is 11.5 Å². The lowest BCUT2D eigenvalue weighted by Crippen LogP contribution is -3.12. The van der Waals surface area contributed by atoms with E-state index in [1.165, 1.54) is 36.1 Å². The van der Waals surface area contributed by atoms with Crippen LogP contribution in [0.4, 0.5) is 0 Å². The Morgan fingerprint density at radius 3 is 2.72 bits per heavy atom. The van der Waals surface area contributed by atoms with Crippen molar-refractivity contribution in [3.05, 3.63) is 23.8 Å². The molecule has 1 aromatic carbocycles. The van der Waals surface area contributed by atoms with Crippen LogP contribution in [-0.2, 0) is 11.3 Å². The molecule has 0 aromatic heterocycles. The fourth-order valence-electron chi connectivity index (χ4n) is 4.41. The van der Waals surface area contributed by atoms with Gasteiger partial charge in [0.25, 0.3) is 0 Å². The average molecular weight is 345 g/mol. The number of piperidine rings is 1. The van der Waals surface area contributed by atoms with Gasteiger partial charge in [-0.15, -0.1) is 0 Å². The van der Waals surface area contributed by atoms with Crippen LogP contribution in [0.25, 0.3) is 0 Å². The Morgan fingerprint density at radius 2 is 1.88 bits per heavy atom. The second-order valence-corrected chi connectivity index (χ2v) is 7.65. The molecule has 2 fully saturated rings. The fraction of sp³-hybridized carbons (Fsp3) is 0.650. The normalized spacial score (nSPS) is 26.3. The number of nitrogens with one attached hydrogen (secondary N) is 1. The maximum Gasteiger partial charge on any atom is 0.231 e. The van der Waals surface area contributed by atoms with Crippen molar-refractivity contribution < 1.29 is 19.2 Å². The van der Waals surface area contributed by atoms with Gasteiger partial charge in [0.2, 0.25) is 12.7 Å². The predicted molar refractivity (Wildman–Crippen MR) is 94.7 cm³/mol. The number of benzene rings is 1. The number of nitrogens with zero attached hydrogens (tertiary/aromatic N) is 1. The van der Waals surface area contributed by atoms with Gasteiger partial charge in [0.1, 0.15) is 6.54 Å². The molecule has 0 spiro atoms. The van der Waals surface area contributed by atoms with E-state index in [1.807, 2.05) is 6.07 Å². The maximum absolute atomic E-state index is 12.9. The summed E-state index contributed by atoms with van der Waals surface area (Å²) >= 11 is 0. The first-order valence-corrected chi connectivity index (χ1v) is 9.80. The number of hydrogen-bond donors (Lipinski definition) is 1. The topological polar surface area (TPSA) is 43.2 Å².